The van der Waals surface area contributed by atoms with E-state index in [9.17, 15) is 38.4 Å². The van der Waals surface area contributed by atoms with Crippen LogP contribution in [-0.2, 0) is 55.9 Å². The predicted octanol–water partition coefficient (Wildman–Crippen LogP) is 8.91. The van der Waals surface area contributed by atoms with Gasteiger partial charge in [0.2, 0.25) is 41.4 Å². The van der Waals surface area contributed by atoms with Crippen LogP contribution in [0.25, 0.3) is 5.57 Å². The Labute approximate surface area is 474 Å². The van der Waals surface area contributed by atoms with Crippen LogP contribution in [0.5, 0.6) is 5.75 Å². The maximum atomic E-state index is 13.4. The highest BCUT2D eigenvalue weighted by Gasteiger charge is 2.42. The lowest BCUT2D eigenvalue weighted by Gasteiger charge is -2.21. The predicted molar refractivity (Wildman–Crippen MR) is 314 cm³/mol. The lowest BCUT2D eigenvalue weighted by molar-refractivity contribution is -0.131. The molecule has 0 bridgehead atoms. The van der Waals surface area contributed by atoms with Crippen molar-refractivity contribution in [3.8, 4) is 5.75 Å². The standard InChI is InChI=1S/C64H86N6O10/c1-12-41(7)54(52(16-5)45(11)71)32-43(9)44(10)51(15-4)53(17-6)55-35-50(28-26-42(55)8)80-31-30-79-40-68-60(74)38-67-63(77)57(34-46-22-19-18-20-23-46)69-61(75)39-66-59(73)37-65-58(72)29-27-47-24-21-25-49(33-47)70-62(76)36-56(64(70)78)48(13-2)14-3/h18-26,28,32-33,35,41,48,56-57H,10,12-17,27,29-31,34,36-40H2,1-9,11H3,(H,65,72)(H,66,73)(H,67,77)(H,68,74)(H,69,75)/b43-32+,53-51-,54-52+. The van der Waals surface area contributed by atoms with E-state index >= 15 is 0 Å². The summed E-state index contributed by atoms with van der Waals surface area (Å²) in [5.41, 5.74) is 10.4. The van der Waals surface area contributed by atoms with Crippen molar-refractivity contribution >= 4 is 58.4 Å². The van der Waals surface area contributed by atoms with Crippen molar-refractivity contribution in [1.29, 1.82) is 0 Å². The molecule has 80 heavy (non-hydrogen) atoms. The molecule has 1 saturated heterocycles. The molecule has 3 aromatic carbocycles. The number of benzene rings is 3. The van der Waals surface area contributed by atoms with E-state index in [1.807, 2.05) is 45.0 Å². The molecule has 3 atom stereocenters. The molecule has 0 spiro atoms. The second-order valence-electron chi connectivity index (χ2n) is 20.3. The number of ketones is 1. The number of nitrogens with one attached hydrogen (secondary N) is 5. The molecule has 0 aliphatic carbocycles. The fraction of sp³-hybridized carbons (Fsp3) is 0.469. The van der Waals surface area contributed by atoms with E-state index in [0.29, 0.717) is 24.3 Å². The molecule has 432 valence electrons. The number of nitrogens with zero attached hydrogens (tertiary/aromatic N) is 1. The Bertz CT molecular complexity index is 2780. The van der Waals surface area contributed by atoms with Crippen molar-refractivity contribution in [3.05, 3.63) is 136 Å². The zero-order valence-electron chi connectivity index (χ0n) is 48.9. The highest BCUT2D eigenvalue weighted by Crippen LogP contribution is 2.37. The van der Waals surface area contributed by atoms with Crippen LogP contribution in [0.1, 0.15) is 136 Å². The van der Waals surface area contributed by atoms with E-state index in [1.165, 1.54) is 10.5 Å². The number of imide groups is 1. The van der Waals surface area contributed by atoms with Crippen LogP contribution in [0.4, 0.5) is 5.69 Å². The van der Waals surface area contributed by atoms with Gasteiger partial charge in [-0.2, -0.15) is 0 Å². The number of anilines is 1. The third-order valence-electron chi connectivity index (χ3n) is 14.8. The van der Waals surface area contributed by atoms with Gasteiger partial charge in [-0.15, -0.1) is 0 Å². The summed E-state index contributed by atoms with van der Waals surface area (Å²) in [5, 5.41) is 12.8. The van der Waals surface area contributed by atoms with Gasteiger partial charge in [0.25, 0.3) is 0 Å². The Morgan fingerprint density at radius 3 is 2.02 bits per heavy atom. The third-order valence-corrected chi connectivity index (χ3v) is 14.8. The third kappa shape index (κ3) is 19.4. The molecular weight excluding hydrogens is 1010 g/mol. The van der Waals surface area contributed by atoms with Crippen molar-refractivity contribution in [3.63, 3.8) is 0 Å². The second kappa shape index (κ2) is 33.2. The highest BCUT2D eigenvalue weighted by molar-refractivity contribution is 6.21. The Morgan fingerprint density at radius 1 is 0.725 bits per heavy atom. The van der Waals surface area contributed by atoms with Crippen LogP contribution >= 0.6 is 0 Å². The van der Waals surface area contributed by atoms with E-state index < -0.39 is 55.2 Å². The molecule has 7 amide bonds. The number of allylic oxidation sites excluding steroid dienone is 7. The number of carbonyl (C=O) groups excluding carboxylic acids is 8. The number of ether oxygens (including phenoxy) is 2. The van der Waals surface area contributed by atoms with Crippen molar-refractivity contribution < 1.29 is 47.8 Å². The minimum atomic E-state index is -1.09. The van der Waals surface area contributed by atoms with Crippen LogP contribution in [0.2, 0.25) is 0 Å². The van der Waals surface area contributed by atoms with Crippen LogP contribution in [-0.4, -0.2) is 92.8 Å². The van der Waals surface area contributed by atoms with Gasteiger partial charge >= 0.3 is 0 Å². The van der Waals surface area contributed by atoms with E-state index in [1.54, 1.807) is 55.5 Å². The Balaban J connectivity index is 1.22. The minimum Gasteiger partial charge on any atom is -0.491 e. The van der Waals surface area contributed by atoms with E-state index in [0.717, 1.165) is 82.2 Å². The van der Waals surface area contributed by atoms with Crippen LogP contribution in [0, 0.1) is 24.7 Å². The molecule has 1 fully saturated rings. The monoisotopic (exact) mass is 1100 g/mol. The van der Waals surface area contributed by atoms with Crippen molar-refractivity contribution in [2.45, 2.75) is 139 Å². The summed E-state index contributed by atoms with van der Waals surface area (Å²) in [7, 11) is 0. The first kappa shape index (κ1) is 65.1. The number of carbonyl (C=O) groups is 8. The van der Waals surface area contributed by atoms with Gasteiger partial charge in [-0.3, -0.25) is 43.3 Å². The summed E-state index contributed by atoms with van der Waals surface area (Å²) in [5.74, 6) is -2.51. The van der Waals surface area contributed by atoms with E-state index in [4.69, 9.17) is 9.47 Å². The van der Waals surface area contributed by atoms with Gasteiger partial charge in [-0.25, -0.2) is 0 Å². The lowest BCUT2D eigenvalue weighted by Crippen LogP contribution is -2.52. The van der Waals surface area contributed by atoms with Gasteiger partial charge < -0.3 is 36.1 Å². The smallest absolute Gasteiger partial charge is 0.243 e. The molecular formula is C64H86N6O10. The SMILES string of the molecule is C=C(/C(CC)=C(/CC)c1cc(OCCOCNC(=O)CNC(=O)C(Cc2ccccc2)NC(=O)CNC(=O)CNC(=O)CCc2cccc(N3C(=O)CC(C(CC)CC)C3=O)c2)ccc1C)/C(C)=C/C(=C(/CC)C(C)=O)C(C)CC. The van der Waals surface area contributed by atoms with Gasteiger partial charge in [-0.1, -0.05) is 122 Å². The number of Topliss-reactive ketones (excluding diaryl/α,β-unsaturated/α-hetero) is 1. The fourth-order valence-electron chi connectivity index (χ4n) is 10.0. The largest absolute Gasteiger partial charge is 0.491 e. The average molecular weight is 1100 g/mol. The van der Waals surface area contributed by atoms with Crippen LogP contribution < -0.4 is 36.2 Å². The minimum absolute atomic E-state index is 0.0291. The summed E-state index contributed by atoms with van der Waals surface area (Å²) in [4.78, 5) is 105. The maximum Gasteiger partial charge on any atom is 0.243 e. The number of rotatable bonds is 33. The Kier molecular flexibility index (Phi) is 27.0. The molecule has 1 heterocycles. The zero-order valence-corrected chi connectivity index (χ0v) is 48.9. The quantitative estimate of drug-likeness (QED) is 0.0128. The summed E-state index contributed by atoms with van der Waals surface area (Å²) in [6.45, 7) is 23.9. The molecule has 3 aromatic rings. The molecule has 3 unspecified atom stereocenters. The first-order valence-electron chi connectivity index (χ1n) is 28.3. The molecule has 16 nitrogen and oxygen atoms in total. The zero-order chi connectivity index (χ0) is 58.9. The van der Waals surface area contributed by atoms with Gasteiger partial charge in [-0.05, 0) is 145 Å². The Morgan fingerprint density at radius 2 is 1.38 bits per heavy atom. The number of hydrogen-bond acceptors (Lipinski definition) is 10. The van der Waals surface area contributed by atoms with E-state index in [-0.39, 0.29) is 74.6 Å². The highest BCUT2D eigenvalue weighted by atomic mass is 16.5. The fourth-order valence-corrected chi connectivity index (χ4v) is 10.0. The summed E-state index contributed by atoms with van der Waals surface area (Å²) >= 11 is 0. The first-order chi connectivity index (χ1) is 38.3. The van der Waals surface area contributed by atoms with Gasteiger partial charge in [0.05, 0.1) is 37.8 Å². The molecule has 4 rings (SSSR count). The molecule has 0 saturated carbocycles. The van der Waals surface area contributed by atoms with E-state index in [2.05, 4.69) is 80.8 Å². The molecule has 0 radical (unpaired) electrons. The Hall–Kier alpha value is -7.46. The maximum absolute atomic E-state index is 13.4. The topological polar surface area (TPSA) is 218 Å². The molecule has 1 aliphatic heterocycles. The van der Waals surface area contributed by atoms with Gasteiger partial charge in [0.1, 0.15) is 25.1 Å². The average Bonchev–Trinajstić information content (AvgIpc) is 3.79. The normalized spacial score (nSPS) is 14.9. The van der Waals surface area contributed by atoms with Crippen molar-refractivity contribution in [2.75, 3.05) is 44.5 Å². The van der Waals surface area contributed by atoms with Crippen LogP contribution in [0.15, 0.2) is 113 Å². The van der Waals surface area contributed by atoms with Gasteiger partial charge in [0.15, 0.2) is 5.78 Å². The molecule has 16 heteroatoms. The summed E-state index contributed by atoms with van der Waals surface area (Å²) < 4.78 is 11.7. The second-order valence-corrected chi connectivity index (χ2v) is 20.3. The lowest BCUT2D eigenvalue weighted by atomic mass is 9.84. The first-order valence-corrected chi connectivity index (χ1v) is 28.3. The van der Waals surface area contributed by atoms with Crippen molar-refractivity contribution in [2.24, 2.45) is 17.8 Å². The summed E-state index contributed by atoms with van der Waals surface area (Å²) in [6, 6.07) is 20.8. The van der Waals surface area contributed by atoms with Gasteiger partial charge in [0, 0.05) is 19.3 Å². The molecule has 1 aliphatic rings. The molecule has 5 N–H and O–H groups in total. The van der Waals surface area contributed by atoms with Crippen LogP contribution in [0.3, 0.4) is 0 Å². The molecule has 0 aromatic heterocycles. The van der Waals surface area contributed by atoms with Crippen molar-refractivity contribution in [1.82, 2.24) is 26.6 Å². The number of amides is 7. The number of aryl methyl sites for hydroxylation is 2. The number of hydrogen-bond donors (Lipinski definition) is 5. The summed E-state index contributed by atoms with van der Waals surface area (Å²) in [6.07, 6.45) is 7.51.